The van der Waals surface area contributed by atoms with E-state index in [1.165, 1.54) is 18.2 Å². The number of imide groups is 1. The maximum Gasteiger partial charge on any atom is 0.305 e. The molecule has 0 spiro atoms. The number of carboxylic acid groups (broad SMARTS) is 2. The fourth-order valence-electron chi connectivity index (χ4n) is 4.21. The van der Waals surface area contributed by atoms with Gasteiger partial charge >= 0.3 is 11.9 Å². The number of hydrogen-bond acceptors (Lipinski definition) is 6. The van der Waals surface area contributed by atoms with Gasteiger partial charge in [-0.1, -0.05) is 42.5 Å². The molecule has 188 valence electrons. The standard InChI is InChI=1S/C27H22N2O8/c30-22(31)12-14-28-24(34)18-8-3-1-6-16(18)20(26(28)36)10-5-11-21-17-7-2-4-9-19(17)25(35)29(27(21)37)15-13-23(32)33/h1-11,36H,12-15H2,(H,30,31)(H,32,33)/b10-5+,21-11-. The average molecular weight is 502 g/mol. The van der Waals surface area contributed by atoms with Crippen LogP contribution in [0.25, 0.3) is 22.4 Å². The quantitative estimate of drug-likeness (QED) is 0.314. The Morgan fingerprint density at radius 2 is 1.38 bits per heavy atom. The Morgan fingerprint density at radius 1 is 0.784 bits per heavy atom. The predicted molar refractivity (Wildman–Crippen MR) is 134 cm³/mol. The molecule has 1 aliphatic heterocycles. The number of aliphatic carboxylic acids is 2. The zero-order valence-electron chi connectivity index (χ0n) is 19.5. The summed E-state index contributed by atoms with van der Waals surface area (Å²) in [4.78, 5) is 61.8. The van der Waals surface area contributed by atoms with Crippen molar-refractivity contribution < 1.29 is 34.5 Å². The molecule has 0 fully saturated rings. The fourth-order valence-corrected chi connectivity index (χ4v) is 4.21. The molecule has 0 radical (unpaired) electrons. The maximum absolute atomic E-state index is 13.1. The number of carboxylic acids is 2. The van der Waals surface area contributed by atoms with Gasteiger partial charge in [0.1, 0.15) is 0 Å². The van der Waals surface area contributed by atoms with Crippen molar-refractivity contribution in [1.29, 1.82) is 0 Å². The van der Waals surface area contributed by atoms with Crippen molar-refractivity contribution in [3.05, 3.63) is 87.7 Å². The first-order chi connectivity index (χ1) is 17.7. The van der Waals surface area contributed by atoms with E-state index < -0.39 is 41.6 Å². The molecule has 2 aromatic carbocycles. The summed E-state index contributed by atoms with van der Waals surface area (Å²) in [7, 11) is 0. The van der Waals surface area contributed by atoms with Crippen LogP contribution in [0.5, 0.6) is 5.88 Å². The number of nitrogens with zero attached hydrogens (tertiary/aromatic N) is 2. The highest BCUT2D eigenvalue weighted by Gasteiger charge is 2.34. The summed E-state index contributed by atoms with van der Waals surface area (Å²) in [6.07, 6.45) is 3.63. The first-order valence-corrected chi connectivity index (χ1v) is 11.3. The van der Waals surface area contributed by atoms with Crippen LogP contribution in [0.4, 0.5) is 0 Å². The highest BCUT2D eigenvalue weighted by Crippen LogP contribution is 2.30. The van der Waals surface area contributed by atoms with E-state index in [2.05, 4.69) is 0 Å². The van der Waals surface area contributed by atoms with Gasteiger partial charge in [-0.3, -0.25) is 33.4 Å². The number of aromatic nitrogens is 1. The molecular formula is C27H22N2O8. The van der Waals surface area contributed by atoms with Crippen LogP contribution in [0.3, 0.4) is 0 Å². The number of allylic oxidation sites excluding steroid dienone is 2. The number of carbonyl (C=O) groups is 4. The van der Waals surface area contributed by atoms with E-state index in [4.69, 9.17) is 10.2 Å². The number of amides is 2. The van der Waals surface area contributed by atoms with E-state index in [0.29, 0.717) is 10.9 Å². The van der Waals surface area contributed by atoms with Crippen molar-refractivity contribution in [1.82, 2.24) is 9.47 Å². The van der Waals surface area contributed by atoms with E-state index in [1.807, 2.05) is 0 Å². The fraction of sp³-hybridized carbons (Fsp3) is 0.148. The van der Waals surface area contributed by atoms with Crippen molar-refractivity contribution in [3.63, 3.8) is 0 Å². The van der Waals surface area contributed by atoms with Gasteiger partial charge in [-0.05, 0) is 35.2 Å². The smallest absolute Gasteiger partial charge is 0.305 e. The summed E-state index contributed by atoms with van der Waals surface area (Å²) in [5.41, 5.74) is 0.498. The Balaban J connectivity index is 1.80. The van der Waals surface area contributed by atoms with E-state index in [-0.39, 0.29) is 41.6 Å². The Morgan fingerprint density at radius 3 is 2.05 bits per heavy atom. The third-order valence-corrected chi connectivity index (χ3v) is 5.98. The number of benzene rings is 2. The van der Waals surface area contributed by atoms with Gasteiger partial charge in [-0.25, -0.2) is 0 Å². The topological polar surface area (TPSA) is 154 Å². The molecule has 10 nitrogen and oxygen atoms in total. The first kappa shape index (κ1) is 25.1. The van der Waals surface area contributed by atoms with Crippen molar-refractivity contribution >= 4 is 46.2 Å². The SMILES string of the molecule is O=C(O)CCN1C(=O)/C(=C\C=C\c2c(O)n(CCC(=O)O)c(=O)c3ccccc23)c2ccccc2C1=O. The van der Waals surface area contributed by atoms with Crippen LogP contribution in [0.1, 0.15) is 34.3 Å². The van der Waals surface area contributed by atoms with Crippen LogP contribution in [0, 0.1) is 0 Å². The minimum absolute atomic E-state index is 0.153. The molecular weight excluding hydrogens is 480 g/mol. The van der Waals surface area contributed by atoms with Crippen LogP contribution in [-0.2, 0) is 20.9 Å². The number of carbonyl (C=O) groups excluding carboxylic acids is 2. The largest absolute Gasteiger partial charge is 0.494 e. The monoisotopic (exact) mass is 502 g/mol. The van der Waals surface area contributed by atoms with Gasteiger partial charge in [0, 0.05) is 35.2 Å². The summed E-state index contributed by atoms with van der Waals surface area (Å²) in [6.45, 7) is -0.526. The maximum atomic E-state index is 13.1. The number of rotatable bonds is 8. The van der Waals surface area contributed by atoms with Crippen molar-refractivity contribution in [3.8, 4) is 5.88 Å². The molecule has 4 rings (SSSR count). The van der Waals surface area contributed by atoms with E-state index >= 15 is 0 Å². The molecule has 0 saturated carbocycles. The molecule has 37 heavy (non-hydrogen) atoms. The molecule has 2 amide bonds. The molecule has 0 atom stereocenters. The van der Waals surface area contributed by atoms with Gasteiger partial charge in [-0.2, -0.15) is 0 Å². The Labute approximate surface area is 210 Å². The normalized spacial score (nSPS) is 14.5. The number of fused-ring (bicyclic) bond motifs is 2. The molecule has 10 heteroatoms. The Hall–Kier alpha value is -4.99. The predicted octanol–water partition coefficient (Wildman–Crippen LogP) is 2.74. The molecule has 0 bridgehead atoms. The van der Waals surface area contributed by atoms with Gasteiger partial charge in [0.2, 0.25) is 5.88 Å². The lowest BCUT2D eigenvalue weighted by molar-refractivity contribution is -0.138. The van der Waals surface area contributed by atoms with Gasteiger partial charge < -0.3 is 15.3 Å². The summed E-state index contributed by atoms with van der Waals surface area (Å²) in [6, 6.07) is 13.0. The van der Waals surface area contributed by atoms with E-state index in [1.54, 1.807) is 48.5 Å². The average Bonchev–Trinajstić information content (AvgIpc) is 2.87. The molecule has 3 N–H and O–H groups in total. The zero-order valence-corrected chi connectivity index (χ0v) is 19.5. The molecule has 0 aliphatic carbocycles. The molecule has 0 unspecified atom stereocenters. The van der Waals surface area contributed by atoms with Crippen LogP contribution in [0.2, 0.25) is 0 Å². The van der Waals surface area contributed by atoms with E-state index in [9.17, 15) is 29.1 Å². The first-order valence-electron chi connectivity index (χ1n) is 11.3. The second-order valence-electron chi connectivity index (χ2n) is 8.27. The molecule has 1 aliphatic rings. The second-order valence-corrected chi connectivity index (χ2v) is 8.27. The Bertz CT molecular complexity index is 1560. The number of hydrogen-bond donors (Lipinski definition) is 3. The molecule has 0 saturated heterocycles. The van der Waals surface area contributed by atoms with Gasteiger partial charge in [0.05, 0.1) is 12.8 Å². The van der Waals surface area contributed by atoms with Crippen molar-refractivity contribution in [2.75, 3.05) is 6.54 Å². The minimum atomic E-state index is -1.15. The minimum Gasteiger partial charge on any atom is -0.494 e. The molecule has 2 heterocycles. The Kier molecular flexibility index (Phi) is 7.01. The van der Waals surface area contributed by atoms with Crippen LogP contribution in [-0.4, -0.2) is 55.1 Å². The lowest BCUT2D eigenvalue weighted by Gasteiger charge is -2.28. The van der Waals surface area contributed by atoms with Gasteiger partial charge in [0.15, 0.2) is 0 Å². The second kappa shape index (κ2) is 10.3. The van der Waals surface area contributed by atoms with Crippen LogP contribution < -0.4 is 5.56 Å². The van der Waals surface area contributed by atoms with Crippen molar-refractivity contribution in [2.24, 2.45) is 0 Å². The summed E-state index contributed by atoms with van der Waals surface area (Å²) < 4.78 is 0.983. The number of aromatic hydroxyl groups is 1. The summed E-state index contributed by atoms with van der Waals surface area (Å²) >= 11 is 0. The van der Waals surface area contributed by atoms with Crippen LogP contribution >= 0.6 is 0 Å². The lowest BCUT2D eigenvalue weighted by atomic mass is 9.93. The molecule has 1 aromatic heterocycles. The zero-order chi connectivity index (χ0) is 26.7. The van der Waals surface area contributed by atoms with Gasteiger partial charge in [-0.15, -0.1) is 0 Å². The van der Waals surface area contributed by atoms with Crippen LogP contribution in [0.15, 0.2) is 65.5 Å². The number of pyridine rings is 1. The highest BCUT2D eigenvalue weighted by molar-refractivity contribution is 6.31. The van der Waals surface area contributed by atoms with E-state index in [0.717, 1.165) is 9.47 Å². The third-order valence-electron chi connectivity index (χ3n) is 5.98. The third kappa shape index (κ3) is 4.90. The highest BCUT2D eigenvalue weighted by atomic mass is 16.4. The van der Waals surface area contributed by atoms with Crippen molar-refractivity contribution in [2.45, 2.75) is 19.4 Å². The lowest BCUT2D eigenvalue weighted by Crippen LogP contribution is -2.42. The van der Waals surface area contributed by atoms with Gasteiger partial charge in [0.25, 0.3) is 17.4 Å². The molecule has 3 aromatic rings. The summed E-state index contributed by atoms with van der Waals surface area (Å²) in [5, 5.41) is 29.6. The summed E-state index contributed by atoms with van der Waals surface area (Å²) in [5.74, 6) is -3.94.